The van der Waals surface area contributed by atoms with Crippen molar-refractivity contribution in [3.63, 3.8) is 0 Å². The quantitative estimate of drug-likeness (QED) is 0.810. The molecule has 1 fully saturated rings. The van der Waals surface area contributed by atoms with Gasteiger partial charge in [-0.2, -0.15) is 0 Å². The number of halogens is 1. The number of likely N-dealkylation sites (tertiary alicyclic amines) is 1. The zero-order chi connectivity index (χ0) is 21.3. The van der Waals surface area contributed by atoms with Crippen LogP contribution in [0.4, 0.5) is 5.69 Å². The van der Waals surface area contributed by atoms with E-state index in [1.807, 2.05) is 24.3 Å². The number of benzene rings is 2. The second-order valence-electron chi connectivity index (χ2n) is 7.87. The molecule has 6 nitrogen and oxygen atoms in total. The molecule has 2 atom stereocenters. The van der Waals surface area contributed by atoms with Gasteiger partial charge in [-0.15, -0.1) is 0 Å². The maximum absolute atomic E-state index is 12.9. The number of piperidine rings is 1. The number of aliphatic hydroxyl groups excluding tert-OH is 1. The Morgan fingerprint density at radius 3 is 2.53 bits per heavy atom. The molecule has 4 rings (SSSR count). The van der Waals surface area contributed by atoms with E-state index < -0.39 is 12.2 Å². The molecular formula is C23H25ClN2O4. The van der Waals surface area contributed by atoms with Gasteiger partial charge in [0.15, 0.2) is 6.10 Å². The van der Waals surface area contributed by atoms with Crippen molar-refractivity contribution in [3.8, 4) is 5.75 Å². The molecule has 0 radical (unpaired) electrons. The smallest absolute Gasteiger partial charge is 0.268 e. The van der Waals surface area contributed by atoms with Crippen LogP contribution < -0.4 is 9.64 Å². The third kappa shape index (κ3) is 4.16. The lowest BCUT2D eigenvalue weighted by Gasteiger charge is -2.37. The predicted octanol–water partition coefficient (Wildman–Crippen LogP) is 3.43. The highest BCUT2D eigenvalue weighted by Crippen LogP contribution is 2.34. The molecule has 2 aromatic carbocycles. The average Bonchev–Trinajstić information content (AvgIpc) is 2.77. The summed E-state index contributed by atoms with van der Waals surface area (Å²) in [4.78, 5) is 28.8. The van der Waals surface area contributed by atoms with Gasteiger partial charge < -0.3 is 14.7 Å². The van der Waals surface area contributed by atoms with E-state index in [2.05, 4.69) is 0 Å². The minimum Gasteiger partial charge on any atom is -0.479 e. The zero-order valence-corrected chi connectivity index (χ0v) is 17.6. The number of hydrogen-bond donors (Lipinski definition) is 1. The van der Waals surface area contributed by atoms with Gasteiger partial charge in [0, 0.05) is 18.1 Å². The van der Waals surface area contributed by atoms with Crippen LogP contribution in [-0.2, 0) is 9.59 Å². The molecule has 158 valence electrons. The van der Waals surface area contributed by atoms with E-state index in [1.54, 1.807) is 36.1 Å². The molecule has 0 saturated carbocycles. The third-order valence-electron chi connectivity index (χ3n) is 5.92. The topological polar surface area (TPSA) is 70.1 Å². The fourth-order valence-corrected chi connectivity index (χ4v) is 4.28. The van der Waals surface area contributed by atoms with Crippen LogP contribution in [0.25, 0.3) is 0 Å². The van der Waals surface area contributed by atoms with Crippen molar-refractivity contribution in [1.82, 2.24) is 4.90 Å². The molecule has 1 saturated heterocycles. The number of carbonyl (C=O) groups is 2. The molecule has 0 aliphatic carbocycles. The Kier molecular flexibility index (Phi) is 5.97. The molecule has 0 unspecified atom stereocenters. The van der Waals surface area contributed by atoms with E-state index in [1.165, 1.54) is 4.90 Å². The number of para-hydroxylation sites is 2. The van der Waals surface area contributed by atoms with Crippen molar-refractivity contribution in [3.05, 3.63) is 59.1 Å². The highest BCUT2D eigenvalue weighted by molar-refractivity contribution is 6.30. The molecular weight excluding hydrogens is 404 g/mol. The summed E-state index contributed by atoms with van der Waals surface area (Å²) < 4.78 is 5.64. The van der Waals surface area contributed by atoms with E-state index in [0.717, 1.165) is 5.56 Å². The van der Waals surface area contributed by atoms with Gasteiger partial charge in [0.05, 0.1) is 11.8 Å². The monoisotopic (exact) mass is 428 g/mol. The minimum absolute atomic E-state index is 0.00600. The van der Waals surface area contributed by atoms with Crippen LogP contribution in [0.2, 0.25) is 5.02 Å². The summed E-state index contributed by atoms with van der Waals surface area (Å²) in [7, 11) is 0. The molecule has 2 aliphatic rings. The van der Waals surface area contributed by atoms with Gasteiger partial charge in [-0.1, -0.05) is 35.9 Å². The third-order valence-corrected chi connectivity index (χ3v) is 6.17. The number of ether oxygens (including phenoxy) is 1. The molecule has 0 spiro atoms. The average molecular weight is 429 g/mol. The SMILES string of the molecule is C[C@H]1Oc2ccccc2N(CC(=O)N2CCC([C@H](O)c3ccc(Cl)cc3)CC2)C1=O. The van der Waals surface area contributed by atoms with Crippen molar-refractivity contribution in [2.45, 2.75) is 32.0 Å². The van der Waals surface area contributed by atoms with Gasteiger partial charge in [0.2, 0.25) is 5.91 Å². The van der Waals surface area contributed by atoms with Crippen LogP contribution in [0, 0.1) is 5.92 Å². The molecule has 2 aromatic rings. The molecule has 1 N–H and O–H groups in total. The number of fused-ring (bicyclic) bond motifs is 1. The van der Waals surface area contributed by atoms with E-state index in [9.17, 15) is 14.7 Å². The summed E-state index contributed by atoms with van der Waals surface area (Å²) in [5.74, 6) is 0.393. The molecule has 30 heavy (non-hydrogen) atoms. The van der Waals surface area contributed by atoms with Crippen molar-refractivity contribution in [2.75, 3.05) is 24.5 Å². The van der Waals surface area contributed by atoms with Crippen molar-refractivity contribution < 1.29 is 19.4 Å². The second-order valence-corrected chi connectivity index (χ2v) is 8.30. The Bertz CT molecular complexity index is 925. The number of carbonyl (C=O) groups excluding carboxylic acids is 2. The largest absolute Gasteiger partial charge is 0.479 e. The summed E-state index contributed by atoms with van der Waals surface area (Å²) >= 11 is 5.93. The number of hydrogen-bond acceptors (Lipinski definition) is 4. The maximum Gasteiger partial charge on any atom is 0.268 e. The van der Waals surface area contributed by atoms with Crippen LogP contribution in [0.1, 0.15) is 31.4 Å². The molecule has 2 heterocycles. The highest BCUT2D eigenvalue weighted by Gasteiger charge is 2.35. The Hall–Kier alpha value is -2.57. The summed E-state index contributed by atoms with van der Waals surface area (Å²) in [6.45, 7) is 2.81. The Morgan fingerprint density at radius 1 is 1.17 bits per heavy atom. The first-order chi connectivity index (χ1) is 14.4. The highest BCUT2D eigenvalue weighted by atomic mass is 35.5. The number of aliphatic hydroxyl groups is 1. The van der Waals surface area contributed by atoms with Crippen LogP contribution >= 0.6 is 11.6 Å². The van der Waals surface area contributed by atoms with E-state index >= 15 is 0 Å². The lowest BCUT2D eigenvalue weighted by molar-refractivity contribution is -0.134. The van der Waals surface area contributed by atoms with Crippen LogP contribution in [-0.4, -0.2) is 47.6 Å². The lowest BCUT2D eigenvalue weighted by Crippen LogP contribution is -2.51. The molecule has 2 aliphatic heterocycles. The molecule has 0 bridgehead atoms. The Balaban J connectivity index is 1.38. The first-order valence-corrected chi connectivity index (χ1v) is 10.6. The fourth-order valence-electron chi connectivity index (χ4n) is 4.15. The van der Waals surface area contributed by atoms with Gasteiger partial charge in [-0.05, 0) is 55.5 Å². The summed E-state index contributed by atoms with van der Waals surface area (Å²) in [5, 5.41) is 11.3. The standard InChI is InChI=1S/C23H25ClN2O4/c1-15-23(29)26(19-4-2-3-5-20(19)30-15)14-21(27)25-12-10-17(11-13-25)22(28)16-6-8-18(24)9-7-16/h2-9,15,17,22,28H,10-14H2,1H3/t15-,22-/m1/s1. The van der Waals surface area contributed by atoms with Gasteiger partial charge >= 0.3 is 0 Å². The first-order valence-electron chi connectivity index (χ1n) is 10.2. The summed E-state index contributed by atoms with van der Waals surface area (Å²) in [6.07, 6.45) is 0.222. The van der Waals surface area contributed by atoms with Crippen LogP contribution in [0.3, 0.4) is 0 Å². The van der Waals surface area contributed by atoms with Crippen molar-refractivity contribution in [1.29, 1.82) is 0 Å². The molecule has 7 heteroatoms. The number of amides is 2. The van der Waals surface area contributed by atoms with Crippen LogP contribution in [0.5, 0.6) is 5.75 Å². The minimum atomic E-state index is -0.618. The van der Waals surface area contributed by atoms with Gasteiger partial charge in [0.25, 0.3) is 5.91 Å². The molecule has 0 aromatic heterocycles. The zero-order valence-electron chi connectivity index (χ0n) is 16.8. The fraction of sp³-hybridized carbons (Fsp3) is 0.391. The van der Waals surface area contributed by atoms with Crippen LogP contribution in [0.15, 0.2) is 48.5 Å². The summed E-state index contributed by atoms with van der Waals surface area (Å²) in [6, 6.07) is 14.5. The lowest BCUT2D eigenvalue weighted by atomic mass is 9.87. The molecule has 2 amide bonds. The Labute approximate surface area is 181 Å². The first kappa shape index (κ1) is 20.7. The van der Waals surface area contributed by atoms with E-state index in [-0.39, 0.29) is 24.3 Å². The normalized spacial score (nSPS) is 20.5. The van der Waals surface area contributed by atoms with E-state index in [4.69, 9.17) is 16.3 Å². The van der Waals surface area contributed by atoms with Gasteiger partial charge in [-0.3, -0.25) is 14.5 Å². The predicted molar refractivity (Wildman–Crippen MR) is 115 cm³/mol. The number of nitrogens with zero attached hydrogens (tertiary/aromatic N) is 2. The number of anilines is 1. The van der Waals surface area contributed by atoms with Gasteiger partial charge in [-0.25, -0.2) is 0 Å². The number of rotatable bonds is 4. The summed E-state index contributed by atoms with van der Waals surface area (Å²) in [5.41, 5.74) is 1.47. The van der Waals surface area contributed by atoms with Gasteiger partial charge in [0.1, 0.15) is 12.3 Å². The van der Waals surface area contributed by atoms with Crippen molar-refractivity contribution >= 4 is 29.1 Å². The Morgan fingerprint density at radius 2 is 1.83 bits per heavy atom. The maximum atomic E-state index is 12.9. The van der Waals surface area contributed by atoms with Crippen molar-refractivity contribution in [2.24, 2.45) is 5.92 Å². The second kappa shape index (κ2) is 8.66. The van der Waals surface area contributed by atoms with E-state index in [0.29, 0.717) is 42.4 Å².